The highest BCUT2D eigenvalue weighted by molar-refractivity contribution is 5.85. The molecule has 1 atom stereocenters. The maximum Gasteiger partial charge on any atom is 0.320 e. The lowest BCUT2D eigenvalue weighted by Crippen LogP contribution is -2.43. The van der Waals surface area contributed by atoms with Gasteiger partial charge in [-0.05, 0) is 43.9 Å². The van der Waals surface area contributed by atoms with Crippen LogP contribution in [-0.4, -0.2) is 47.6 Å². The number of rotatable bonds is 6. The molecule has 1 aromatic carbocycles. The van der Waals surface area contributed by atoms with Gasteiger partial charge in [-0.2, -0.15) is 0 Å². The van der Waals surface area contributed by atoms with E-state index in [9.17, 15) is 9.59 Å². The Balaban J connectivity index is 0.00000242. The van der Waals surface area contributed by atoms with Crippen molar-refractivity contribution in [2.75, 3.05) is 19.6 Å². The van der Waals surface area contributed by atoms with E-state index in [1.54, 1.807) is 4.90 Å². The number of amides is 1. The molecule has 6 heteroatoms. The summed E-state index contributed by atoms with van der Waals surface area (Å²) >= 11 is 0. The smallest absolute Gasteiger partial charge is 0.320 e. The van der Waals surface area contributed by atoms with E-state index < -0.39 is 12.0 Å². The fourth-order valence-corrected chi connectivity index (χ4v) is 2.76. The van der Waals surface area contributed by atoms with E-state index in [1.165, 1.54) is 11.1 Å². The van der Waals surface area contributed by atoms with E-state index in [2.05, 4.69) is 24.4 Å². The molecule has 0 aromatic heterocycles. The number of hydrogen-bond donors (Lipinski definition) is 2. The average Bonchev–Trinajstić information content (AvgIpc) is 2.89. The summed E-state index contributed by atoms with van der Waals surface area (Å²) in [6, 6.07) is 7.59. The second-order valence-electron chi connectivity index (χ2n) is 5.49. The van der Waals surface area contributed by atoms with Gasteiger partial charge in [0.15, 0.2) is 0 Å². The van der Waals surface area contributed by atoms with Gasteiger partial charge in [-0.1, -0.05) is 24.3 Å². The zero-order valence-corrected chi connectivity index (χ0v) is 13.6. The normalized spacial score (nSPS) is 17.8. The van der Waals surface area contributed by atoms with E-state index in [-0.39, 0.29) is 24.9 Å². The number of nitrogens with one attached hydrogen (secondary N) is 1. The minimum absolute atomic E-state index is 0. The van der Waals surface area contributed by atoms with Crippen molar-refractivity contribution in [1.82, 2.24) is 10.2 Å². The molecule has 5 nitrogen and oxygen atoms in total. The van der Waals surface area contributed by atoms with Gasteiger partial charge in [0.2, 0.25) is 5.91 Å². The molecule has 0 bridgehead atoms. The molecule has 1 fully saturated rings. The Labute approximate surface area is 137 Å². The molecule has 22 heavy (non-hydrogen) atoms. The number of carbonyl (C=O) groups is 2. The second kappa shape index (κ2) is 8.76. The summed E-state index contributed by atoms with van der Waals surface area (Å²) < 4.78 is 0. The molecule has 1 saturated heterocycles. The van der Waals surface area contributed by atoms with Gasteiger partial charge in [-0.25, -0.2) is 0 Å². The summed E-state index contributed by atoms with van der Waals surface area (Å²) in [4.78, 5) is 24.7. The lowest BCUT2D eigenvalue weighted by molar-refractivity contribution is -0.142. The van der Waals surface area contributed by atoms with E-state index in [4.69, 9.17) is 5.11 Å². The van der Waals surface area contributed by atoms with Gasteiger partial charge in [0.1, 0.15) is 6.04 Å². The largest absolute Gasteiger partial charge is 0.480 e. The van der Waals surface area contributed by atoms with E-state index in [1.807, 2.05) is 12.1 Å². The third-order valence-corrected chi connectivity index (χ3v) is 3.97. The monoisotopic (exact) mass is 326 g/mol. The van der Waals surface area contributed by atoms with Gasteiger partial charge in [-0.15, -0.1) is 12.4 Å². The summed E-state index contributed by atoms with van der Waals surface area (Å²) in [6.45, 7) is 3.49. The van der Waals surface area contributed by atoms with Gasteiger partial charge in [0.25, 0.3) is 0 Å². The minimum Gasteiger partial charge on any atom is -0.480 e. The van der Waals surface area contributed by atoms with Crippen molar-refractivity contribution in [1.29, 1.82) is 0 Å². The van der Waals surface area contributed by atoms with Crippen LogP contribution in [0.1, 0.15) is 24.0 Å². The van der Waals surface area contributed by atoms with Crippen LogP contribution in [0.3, 0.4) is 0 Å². The topological polar surface area (TPSA) is 69.6 Å². The van der Waals surface area contributed by atoms with E-state index >= 15 is 0 Å². The second-order valence-corrected chi connectivity index (χ2v) is 5.49. The van der Waals surface area contributed by atoms with Gasteiger partial charge >= 0.3 is 5.97 Å². The molecule has 1 aliphatic rings. The lowest BCUT2D eigenvalue weighted by atomic mass is 10.1. The summed E-state index contributed by atoms with van der Waals surface area (Å²) in [5.74, 6) is -0.933. The van der Waals surface area contributed by atoms with Crippen molar-refractivity contribution in [2.45, 2.75) is 32.2 Å². The zero-order chi connectivity index (χ0) is 15.2. The molecule has 0 radical (unpaired) electrons. The van der Waals surface area contributed by atoms with Crippen molar-refractivity contribution >= 4 is 24.3 Å². The predicted octanol–water partition coefficient (Wildman–Crippen LogP) is 1.62. The van der Waals surface area contributed by atoms with Gasteiger partial charge in [-0.3, -0.25) is 14.5 Å². The number of aryl methyl sites for hydroxylation is 1. The first-order chi connectivity index (χ1) is 10.1. The van der Waals surface area contributed by atoms with Crippen LogP contribution in [0.4, 0.5) is 0 Å². The third kappa shape index (κ3) is 5.00. The van der Waals surface area contributed by atoms with Crippen LogP contribution in [0.2, 0.25) is 0 Å². The molecule has 1 aliphatic heterocycles. The zero-order valence-electron chi connectivity index (χ0n) is 12.7. The number of benzene rings is 1. The average molecular weight is 327 g/mol. The Kier molecular flexibility index (Phi) is 7.35. The Morgan fingerprint density at radius 2 is 2.09 bits per heavy atom. The van der Waals surface area contributed by atoms with Gasteiger partial charge < -0.3 is 10.4 Å². The molecule has 1 aromatic rings. The van der Waals surface area contributed by atoms with Crippen LogP contribution in [0.5, 0.6) is 0 Å². The molecule has 0 saturated carbocycles. The quantitative estimate of drug-likeness (QED) is 0.833. The van der Waals surface area contributed by atoms with Crippen molar-refractivity contribution in [2.24, 2.45) is 0 Å². The molecular formula is C16H23ClN2O3. The number of nitrogens with zero attached hydrogens (tertiary/aromatic N) is 1. The number of halogens is 1. The molecule has 1 heterocycles. The lowest BCUT2D eigenvalue weighted by Gasteiger charge is -2.20. The summed E-state index contributed by atoms with van der Waals surface area (Å²) in [6.07, 6.45) is 2.26. The molecule has 0 aliphatic carbocycles. The third-order valence-electron chi connectivity index (χ3n) is 3.97. The molecule has 1 amide bonds. The highest BCUT2D eigenvalue weighted by Gasteiger charge is 2.31. The highest BCUT2D eigenvalue weighted by atomic mass is 35.5. The van der Waals surface area contributed by atoms with Gasteiger partial charge in [0, 0.05) is 6.54 Å². The first kappa shape index (κ1) is 18.5. The SMILES string of the molecule is Cc1ccccc1CCNC(=O)CN1CCCC1C(=O)O.Cl. The number of hydrogen-bond acceptors (Lipinski definition) is 3. The van der Waals surface area contributed by atoms with Crippen molar-refractivity contribution < 1.29 is 14.7 Å². The van der Waals surface area contributed by atoms with Crippen LogP contribution in [0, 0.1) is 6.92 Å². The minimum atomic E-state index is -0.833. The maximum absolute atomic E-state index is 11.9. The van der Waals surface area contributed by atoms with Gasteiger partial charge in [0.05, 0.1) is 6.54 Å². The summed E-state index contributed by atoms with van der Waals surface area (Å²) in [7, 11) is 0. The van der Waals surface area contributed by atoms with E-state index in [0.29, 0.717) is 19.5 Å². The highest BCUT2D eigenvalue weighted by Crippen LogP contribution is 2.16. The molecule has 2 N–H and O–H groups in total. The Hall–Kier alpha value is -1.59. The number of likely N-dealkylation sites (tertiary alicyclic amines) is 1. The number of carboxylic acids is 1. The number of carboxylic acid groups (broad SMARTS) is 1. The van der Waals surface area contributed by atoms with Crippen LogP contribution >= 0.6 is 12.4 Å². The summed E-state index contributed by atoms with van der Waals surface area (Å²) in [5.41, 5.74) is 2.44. The first-order valence-corrected chi connectivity index (χ1v) is 7.36. The van der Waals surface area contributed by atoms with Crippen LogP contribution in [0.25, 0.3) is 0 Å². The summed E-state index contributed by atoms with van der Waals surface area (Å²) in [5, 5.41) is 11.9. The number of carbonyl (C=O) groups excluding carboxylic acids is 1. The number of aliphatic carboxylic acids is 1. The molecule has 2 rings (SSSR count). The van der Waals surface area contributed by atoms with Crippen LogP contribution in [0.15, 0.2) is 24.3 Å². The fraction of sp³-hybridized carbons (Fsp3) is 0.500. The van der Waals surface area contributed by atoms with E-state index in [0.717, 1.165) is 12.8 Å². The van der Waals surface area contributed by atoms with Crippen molar-refractivity contribution in [3.05, 3.63) is 35.4 Å². The Morgan fingerprint density at radius 1 is 1.36 bits per heavy atom. The molecular weight excluding hydrogens is 304 g/mol. The van der Waals surface area contributed by atoms with Crippen molar-refractivity contribution in [3.63, 3.8) is 0 Å². The molecule has 0 spiro atoms. The first-order valence-electron chi connectivity index (χ1n) is 7.36. The van der Waals surface area contributed by atoms with Crippen LogP contribution in [-0.2, 0) is 16.0 Å². The fourth-order valence-electron chi connectivity index (χ4n) is 2.76. The Morgan fingerprint density at radius 3 is 2.77 bits per heavy atom. The molecule has 122 valence electrons. The standard InChI is InChI=1S/C16H22N2O3.ClH/c1-12-5-2-3-6-13(12)8-9-17-15(19)11-18-10-4-7-14(18)16(20)21;/h2-3,5-6,14H,4,7-11H2,1H3,(H,17,19)(H,20,21);1H. The van der Waals surface area contributed by atoms with Crippen molar-refractivity contribution in [3.8, 4) is 0 Å². The molecule has 1 unspecified atom stereocenters. The predicted molar refractivity (Wildman–Crippen MR) is 87.4 cm³/mol. The van der Waals surface area contributed by atoms with Crippen LogP contribution < -0.4 is 5.32 Å². The Bertz CT molecular complexity index is 522. The maximum atomic E-state index is 11.9.